The molecule has 0 unspecified atom stereocenters. The van der Waals surface area contributed by atoms with E-state index in [9.17, 15) is 0 Å². The highest BCUT2D eigenvalue weighted by atomic mass is 15.0. The summed E-state index contributed by atoms with van der Waals surface area (Å²) in [6, 6.07) is 2.11. The van der Waals surface area contributed by atoms with E-state index in [1.807, 2.05) is 19.4 Å². The predicted molar refractivity (Wildman–Crippen MR) is 64.3 cm³/mol. The van der Waals surface area contributed by atoms with E-state index in [0.717, 1.165) is 11.4 Å². The van der Waals surface area contributed by atoms with Gasteiger partial charge in [0.2, 0.25) is 0 Å². The quantitative estimate of drug-likeness (QED) is 0.796. The zero-order valence-electron chi connectivity index (χ0n) is 9.51. The maximum atomic E-state index is 4.20. The van der Waals surface area contributed by atoms with E-state index < -0.39 is 0 Å². The molecule has 0 atom stereocenters. The van der Waals surface area contributed by atoms with Crippen molar-refractivity contribution >= 4 is 11.4 Å². The Balaban J connectivity index is 2.09. The van der Waals surface area contributed by atoms with Gasteiger partial charge < -0.3 is 10.6 Å². The largest absolute Gasteiger partial charge is 0.387 e. The van der Waals surface area contributed by atoms with Crippen molar-refractivity contribution in [3.8, 4) is 0 Å². The van der Waals surface area contributed by atoms with Crippen molar-refractivity contribution in [2.24, 2.45) is 0 Å². The number of aromatic nitrogens is 1. The van der Waals surface area contributed by atoms with Gasteiger partial charge >= 0.3 is 0 Å². The predicted octanol–water partition coefficient (Wildman–Crippen LogP) is 2.87. The number of hydrogen-bond acceptors (Lipinski definition) is 3. The van der Waals surface area contributed by atoms with Crippen LogP contribution in [0.1, 0.15) is 32.6 Å². The number of nitrogens with one attached hydrogen (secondary N) is 2. The van der Waals surface area contributed by atoms with E-state index in [0.29, 0.717) is 0 Å². The van der Waals surface area contributed by atoms with Gasteiger partial charge in [-0.15, -0.1) is 0 Å². The third-order valence-corrected chi connectivity index (χ3v) is 3.18. The van der Waals surface area contributed by atoms with Crippen LogP contribution in [0.3, 0.4) is 0 Å². The highest BCUT2D eigenvalue weighted by Gasteiger charge is 2.28. The second-order valence-electron chi connectivity index (χ2n) is 4.61. The van der Waals surface area contributed by atoms with Crippen LogP contribution in [-0.2, 0) is 0 Å². The van der Waals surface area contributed by atoms with Gasteiger partial charge in [-0.1, -0.05) is 12.8 Å². The van der Waals surface area contributed by atoms with E-state index in [1.165, 1.54) is 25.7 Å². The Bertz CT molecular complexity index is 329. The summed E-state index contributed by atoms with van der Waals surface area (Å²) in [5, 5.41) is 6.69. The van der Waals surface area contributed by atoms with Crippen LogP contribution in [0.4, 0.5) is 11.4 Å². The summed E-state index contributed by atoms with van der Waals surface area (Å²) in [5.74, 6) is 0. The highest BCUT2D eigenvalue weighted by molar-refractivity contribution is 5.54. The molecule has 1 saturated carbocycles. The Morgan fingerprint density at radius 2 is 1.87 bits per heavy atom. The SMILES string of the molecule is CNc1cncc(NC2(C)CCCC2)c1. The molecule has 1 heterocycles. The Hall–Kier alpha value is -1.25. The second kappa shape index (κ2) is 4.09. The van der Waals surface area contributed by atoms with E-state index in [2.05, 4.69) is 28.6 Å². The molecule has 0 amide bonds. The number of pyridine rings is 1. The van der Waals surface area contributed by atoms with Gasteiger partial charge in [0.25, 0.3) is 0 Å². The maximum absolute atomic E-state index is 4.20. The van der Waals surface area contributed by atoms with Gasteiger partial charge in [0.15, 0.2) is 0 Å². The number of rotatable bonds is 3. The van der Waals surface area contributed by atoms with E-state index in [1.54, 1.807) is 0 Å². The van der Waals surface area contributed by atoms with Crippen LogP contribution in [0.15, 0.2) is 18.5 Å². The fourth-order valence-electron chi connectivity index (χ4n) is 2.27. The molecule has 1 aliphatic rings. The minimum Gasteiger partial charge on any atom is -0.387 e. The Labute approximate surface area is 91.3 Å². The van der Waals surface area contributed by atoms with Crippen LogP contribution in [-0.4, -0.2) is 17.6 Å². The summed E-state index contributed by atoms with van der Waals surface area (Å²) in [5.41, 5.74) is 2.45. The first-order chi connectivity index (χ1) is 7.22. The summed E-state index contributed by atoms with van der Waals surface area (Å²) in [6.45, 7) is 2.30. The monoisotopic (exact) mass is 205 g/mol. The van der Waals surface area contributed by atoms with Crippen molar-refractivity contribution in [1.82, 2.24) is 4.98 Å². The molecule has 3 heteroatoms. The van der Waals surface area contributed by atoms with Crippen LogP contribution in [0.2, 0.25) is 0 Å². The maximum Gasteiger partial charge on any atom is 0.0551 e. The lowest BCUT2D eigenvalue weighted by atomic mass is 10.0. The molecule has 0 aliphatic heterocycles. The van der Waals surface area contributed by atoms with Gasteiger partial charge in [-0.2, -0.15) is 0 Å². The third-order valence-electron chi connectivity index (χ3n) is 3.18. The van der Waals surface area contributed by atoms with E-state index in [-0.39, 0.29) is 5.54 Å². The average Bonchev–Trinajstić information content (AvgIpc) is 2.65. The smallest absolute Gasteiger partial charge is 0.0551 e. The van der Waals surface area contributed by atoms with Crippen molar-refractivity contribution in [3.05, 3.63) is 18.5 Å². The first kappa shape index (κ1) is 10.3. The molecule has 1 aliphatic carbocycles. The van der Waals surface area contributed by atoms with Gasteiger partial charge in [-0.3, -0.25) is 4.98 Å². The van der Waals surface area contributed by atoms with E-state index in [4.69, 9.17) is 0 Å². The van der Waals surface area contributed by atoms with Crippen molar-refractivity contribution in [3.63, 3.8) is 0 Å². The van der Waals surface area contributed by atoms with Gasteiger partial charge in [-0.05, 0) is 25.8 Å². The zero-order chi connectivity index (χ0) is 10.7. The molecular formula is C12H19N3. The Morgan fingerprint density at radius 3 is 2.53 bits per heavy atom. The average molecular weight is 205 g/mol. The minimum absolute atomic E-state index is 0.272. The molecule has 0 spiro atoms. The van der Waals surface area contributed by atoms with Crippen molar-refractivity contribution in [2.75, 3.05) is 17.7 Å². The Kier molecular flexibility index (Phi) is 2.80. The lowest BCUT2D eigenvalue weighted by molar-refractivity contribution is 0.533. The summed E-state index contributed by atoms with van der Waals surface area (Å²) in [6.07, 6.45) is 8.92. The lowest BCUT2D eigenvalue weighted by Gasteiger charge is -2.26. The van der Waals surface area contributed by atoms with E-state index >= 15 is 0 Å². The molecule has 15 heavy (non-hydrogen) atoms. The highest BCUT2D eigenvalue weighted by Crippen LogP contribution is 2.32. The van der Waals surface area contributed by atoms with Gasteiger partial charge in [0.1, 0.15) is 0 Å². The summed E-state index contributed by atoms with van der Waals surface area (Å²) >= 11 is 0. The van der Waals surface area contributed by atoms with Crippen LogP contribution in [0.25, 0.3) is 0 Å². The van der Waals surface area contributed by atoms with Gasteiger partial charge in [-0.25, -0.2) is 0 Å². The van der Waals surface area contributed by atoms with Crippen LogP contribution in [0, 0.1) is 0 Å². The van der Waals surface area contributed by atoms with Crippen molar-refractivity contribution in [2.45, 2.75) is 38.1 Å². The fraction of sp³-hybridized carbons (Fsp3) is 0.583. The third kappa shape index (κ3) is 2.41. The number of nitrogens with zero attached hydrogens (tertiary/aromatic N) is 1. The standard InChI is InChI=1S/C12H19N3/c1-12(5-3-4-6-12)15-11-7-10(13-2)8-14-9-11/h7-9,13,15H,3-6H2,1-2H3. The molecule has 1 aromatic rings. The normalized spacial score (nSPS) is 18.8. The van der Waals surface area contributed by atoms with Gasteiger partial charge in [0.05, 0.1) is 23.8 Å². The first-order valence-electron chi connectivity index (χ1n) is 5.63. The molecule has 1 aromatic heterocycles. The first-order valence-corrected chi connectivity index (χ1v) is 5.63. The second-order valence-corrected chi connectivity index (χ2v) is 4.61. The molecule has 0 saturated heterocycles. The molecule has 0 radical (unpaired) electrons. The molecule has 0 bridgehead atoms. The molecule has 2 N–H and O–H groups in total. The topological polar surface area (TPSA) is 37.0 Å². The zero-order valence-corrected chi connectivity index (χ0v) is 9.51. The summed E-state index contributed by atoms with van der Waals surface area (Å²) in [4.78, 5) is 4.20. The lowest BCUT2D eigenvalue weighted by Crippen LogP contribution is -2.30. The molecule has 3 nitrogen and oxygen atoms in total. The van der Waals surface area contributed by atoms with Crippen LogP contribution < -0.4 is 10.6 Å². The number of anilines is 2. The van der Waals surface area contributed by atoms with Crippen molar-refractivity contribution < 1.29 is 0 Å². The molecule has 1 fully saturated rings. The summed E-state index contributed by atoms with van der Waals surface area (Å²) in [7, 11) is 1.91. The number of hydrogen-bond donors (Lipinski definition) is 2. The molecule has 82 valence electrons. The fourth-order valence-corrected chi connectivity index (χ4v) is 2.27. The van der Waals surface area contributed by atoms with Crippen LogP contribution in [0.5, 0.6) is 0 Å². The minimum atomic E-state index is 0.272. The molecule has 2 rings (SSSR count). The molecular weight excluding hydrogens is 186 g/mol. The Morgan fingerprint density at radius 1 is 1.20 bits per heavy atom. The van der Waals surface area contributed by atoms with Gasteiger partial charge in [0, 0.05) is 12.6 Å². The van der Waals surface area contributed by atoms with Crippen LogP contribution >= 0.6 is 0 Å². The molecule has 0 aromatic carbocycles. The van der Waals surface area contributed by atoms with Crippen molar-refractivity contribution in [1.29, 1.82) is 0 Å². The summed E-state index contributed by atoms with van der Waals surface area (Å²) < 4.78 is 0.